The van der Waals surface area contributed by atoms with Crippen LogP contribution in [0.2, 0.25) is 0 Å². The number of hydrogen-bond donors (Lipinski definition) is 12. The molecule has 23 nitrogen and oxygen atoms in total. The van der Waals surface area contributed by atoms with E-state index in [4.69, 9.17) is 17.2 Å². The zero-order valence-corrected chi connectivity index (χ0v) is 43.3. The number of phenols is 1. The Morgan fingerprint density at radius 1 is 0.693 bits per heavy atom. The number of aromatic hydroxyl groups is 1. The summed E-state index contributed by atoms with van der Waals surface area (Å²) in [4.78, 5) is 127. The summed E-state index contributed by atoms with van der Waals surface area (Å²) < 4.78 is 0. The molecule has 3 aromatic rings. The van der Waals surface area contributed by atoms with Crippen molar-refractivity contribution in [2.75, 3.05) is 19.6 Å². The fourth-order valence-corrected chi connectivity index (χ4v) is 9.00. The molecule has 3 heterocycles. The molecule has 0 radical (unpaired) electrons. The number of phenolic OH excluding ortho intramolecular Hbond substituents is 1. The van der Waals surface area contributed by atoms with Crippen molar-refractivity contribution in [2.24, 2.45) is 34.0 Å². The molecule has 2 saturated heterocycles. The van der Waals surface area contributed by atoms with Crippen molar-refractivity contribution in [1.29, 1.82) is 0 Å². The number of imidazole rings is 1. The first-order valence-electron chi connectivity index (χ1n) is 25.9. The van der Waals surface area contributed by atoms with Crippen LogP contribution in [0.15, 0.2) is 72.1 Å². The molecule has 1 unspecified atom stereocenters. The molecule has 2 aliphatic heterocycles. The molecule has 0 saturated carbocycles. The molecule has 0 bridgehead atoms. The van der Waals surface area contributed by atoms with Gasteiger partial charge in [-0.05, 0) is 80.0 Å². The molecule has 9 atom stereocenters. The monoisotopic (exact) mass is 1040 g/mol. The lowest BCUT2D eigenvalue weighted by molar-refractivity contribution is -0.142. The third-order valence-electron chi connectivity index (χ3n) is 13.6. The Bertz CT molecular complexity index is 2420. The van der Waals surface area contributed by atoms with Gasteiger partial charge in [0.15, 0.2) is 5.96 Å². The highest BCUT2D eigenvalue weighted by Gasteiger charge is 2.41. The normalized spacial score (nSPS) is 25.0. The van der Waals surface area contributed by atoms with Gasteiger partial charge in [0, 0.05) is 50.8 Å². The minimum atomic E-state index is -1.35. The molecule has 408 valence electrons. The van der Waals surface area contributed by atoms with Crippen LogP contribution in [-0.4, -0.2) is 141 Å². The lowest BCUT2D eigenvalue weighted by Crippen LogP contribution is -2.62. The summed E-state index contributed by atoms with van der Waals surface area (Å²) in [7, 11) is 0. The van der Waals surface area contributed by atoms with E-state index >= 15 is 0 Å². The van der Waals surface area contributed by atoms with Gasteiger partial charge in [0.2, 0.25) is 47.3 Å². The van der Waals surface area contributed by atoms with Gasteiger partial charge in [0.25, 0.3) is 0 Å². The smallest absolute Gasteiger partial charge is 0.246 e. The van der Waals surface area contributed by atoms with Crippen molar-refractivity contribution in [3.05, 3.63) is 83.9 Å². The highest BCUT2D eigenvalue weighted by Crippen LogP contribution is 2.21. The van der Waals surface area contributed by atoms with E-state index in [9.17, 15) is 43.5 Å². The zero-order chi connectivity index (χ0) is 54.6. The van der Waals surface area contributed by atoms with Crippen LogP contribution >= 0.6 is 0 Å². The standard InChI is InChI=1S/C52H76N14O9/c1-5-31(4)43-50(74)63-40(27-34-28-56-29-59-34)51(75)66-24-12-17-41(66)48(72)61-38(25-32-13-7-6-8-14-32)45(69)57-22-10-9-15-36(53)44(68)60-37(16-11-23-58-52(54)55)46(70)64-42(30(2)3)49(73)62-39(47(71)65-43)26-33-18-20-35(67)21-19-33/h6-8,13-14,18-21,28-31,36-43,67H,5,9-12,15-17,22-27,53H2,1-4H3,(H,56,59)(H,57,69)(H,60,68)(H,61,72)(H,62,73)(H,63,74)(H,64,70)(H,65,71)(H4,54,55,58)/t31-,36-,37?,38-,39-,40-,41-,42-,43-/m0/s1. The Balaban J connectivity index is 1.52. The predicted molar refractivity (Wildman–Crippen MR) is 280 cm³/mol. The number of carbonyl (C=O) groups is 8. The number of aliphatic imine (C=N–C) groups is 1. The van der Waals surface area contributed by atoms with Gasteiger partial charge in [-0.2, -0.15) is 0 Å². The largest absolute Gasteiger partial charge is 0.508 e. The van der Waals surface area contributed by atoms with Crippen LogP contribution in [-0.2, 0) is 57.6 Å². The number of H-pyrrole nitrogens is 1. The van der Waals surface area contributed by atoms with Crippen LogP contribution in [0.5, 0.6) is 5.75 Å². The molecule has 75 heavy (non-hydrogen) atoms. The van der Waals surface area contributed by atoms with E-state index in [0.717, 1.165) is 5.56 Å². The highest BCUT2D eigenvalue weighted by atomic mass is 16.3. The number of aromatic nitrogens is 2. The van der Waals surface area contributed by atoms with Crippen LogP contribution in [0, 0.1) is 11.8 Å². The van der Waals surface area contributed by atoms with E-state index in [1.165, 1.54) is 29.6 Å². The van der Waals surface area contributed by atoms with E-state index in [1.54, 1.807) is 32.9 Å². The molecular weight excluding hydrogens is 965 g/mol. The first kappa shape index (κ1) is 58.3. The average Bonchev–Trinajstić information content (AvgIpc) is 4.10. The van der Waals surface area contributed by atoms with Crippen LogP contribution in [0.4, 0.5) is 0 Å². The van der Waals surface area contributed by atoms with E-state index in [0.29, 0.717) is 36.9 Å². The predicted octanol–water partition coefficient (Wildman–Crippen LogP) is -0.574. The number of guanidine groups is 1. The summed E-state index contributed by atoms with van der Waals surface area (Å²) in [6.07, 6.45) is 5.36. The van der Waals surface area contributed by atoms with Crippen molar-refractivity contribution in [3.63, 3.8) is 0 Å². The molecule has 15 N–H and O–H groups in total. The number of nitrogens with one attached hydrogen (secondary N) is 8. The number of nitrogens with two attached hydrogens (primary N) is 3. The number of hydrogen-bond acceptors (Lipinski definition) is 12. The maximum absolute atomic E-state index is 14.8. The van der Waals surface area contributed by atoms with Gasteiger partial charge in [0.05, 0.1) is 12.4 Å². The molecule has 0 spiro atoms. The van der Waals surface area contributed by atoms with Crippen molar-refractivity contribution in [1.82, 2.24) is 52.1 Å². The van der Waals surface area contributed by atoms with E-state index < -0.39 is 107 Å². The maximum Gasteiger partial charge on any atom is 0.246 e. The second kappa shape index (κ2) is 28.8. The van der Waals surface area contributed by atoms with E-state index in [-0.39, 0.29) is 76.3 Å². The molecule has 1 aromatic heterocycles. The number of aromatic amines is 1. The van der Waals surface area contributed by atoms with Crippen LogP contribution < -0.4 is 54.4 Å². The number of amides is 8. The van der Waals surface area contributed by atoms with E-state index in [1.807, 2.05) is 37.3 Å². The number of carbonyl (C=O) groups excluding carboxylic acids is 8. The summed E-state index contributed by atoms with van der Waals surface area (Å²) in [6, 6.07) is 5.76. The molecule has 2 fully saturated rings. The van der Waals surface area contributed by atoms with Crippen molar-refractivity contribution in [2.45, 2.75) is 147 Å². The molecule has 0 aliphatic carbocycles. The van der Waals surface area contributed by atoms with Gasteiger partial charge >= 0.3 is 0 Å². The zero-order valence-electron chi connectivity index (χ0n) is 43.3. The van der Waals surface area contributed by atoms with Crippen molar-refractivity contribution < 1.29 is 43.5 Å². The second-order valence-electron chi connectivity index (χ2n) is 19.7. The fraction of sp³-hybridized carbons (Fsp3) is 0.538. The van der Waals surface area contributed by atoms with Gasteiger partial charge in [-0.1, -0.05) is 76.6 Å². The lowest BCUT2D eigenvalue weighted by atomic mass is 9.96. The third kappa shape index (κ3) is 17.8. The molecule has 23 heteroatoms. The molecule has 5 rings (SSSR count). The first-order chi connectivity index (χ1) is 35.8. The summed E-state index contributed by atoms with van der Waals surface area (Å²) in [6.45, 7) is 7.45. The second-order valence-corrected chi connectivity index (χ2v) is 19.7. The molecule has 2 aromatic carbocycles. The Hall–Kier alpha value is -7.56. The SMILES string of the molecule is CC[C@H](C)[C@@H]1NC(=O)[C@H](Cc2ccc(O)cc2)NC(=O)[C@H](C(C)C)NC(=O)C(CCCN=C(N)N)NC(=O)[C@@H](N)CCCCNC(=O)[C@H](Cc2ccccc2)NC(=O)[C@@H]2CCCN2C(=O)[C@H](Cc2cnc[nH]2)NC1=O. The van der Waals surface area contributed by atoms with Crippen molar-refractivity contribution in [3.8, 4) is 5.75 Å². The number of fused-ring (bicyclic) bond motifs is 1. The van der Waals surface area contributed by atoms with Crippen molar-refractivity contribution >= 4 is 53.2 Å². The van der Waals surface area contributed by atoms with E-state index in [2.05, 4.69) is 52.2 Å². The summed E-state index contributed by atoms with van der Waals surface area (Å²) in [5.41, 5.74) is 19.2. The number of benzene rings is 2. The topological polar surface area (TPSA) is 363 Å². The Labute approximate surface area is 437 Å². The van der Waals surface area contributed by atoms with Gasteiger partial charge in [0.1, 0.15) is 48.0 Å². The molecular formula is C52H76N14O9. The third-order valence-corrected chi connectivity index (χ3v) is 13.6. The Morgan fingerprint density at radius 2 is 1.31 bits per heavy atom. The maximum atomic E-state index is 14.8. The van der Waals surface area contributed by atoms with Crippen LogP contribution in [0.3, 0.4) is 0 Å². The first-order valence-corrected chi connectivity index (χ1v) is 25.9. The number of nitrogens with zero attached hydrogens (tertiary/aromatic N) is 3. The van der Waals surface area contributed by atoms with Gasteiger partial charge in [-0.3, -0.25) is 43.3 Å². The van der Waals surface area contributed by atoms with Gasteiger partial charge in [-0.15, -0.1) is 0 Å². The Kier molecular flexibility index (Phi) is 22.4. The highest BCUT2D eigenvalue weighted by molar-refractivity contribution is 5.98. The van der Waals surface area contributed by atoms with Crippen LogP contribution in [0.25, 0.3) is 0 Å². The quantitative estimate of drug-likeness (QED) is 0.0581. The summed E-state index contributed by atoms with van der Waals surface area (Å²) in [5, 5.41) is 29.8. The molecule has 2 aliphatic rings. The summed E-state index contributed by atoms with van der Waals surface area (Å²) >= 11 is 0. The lowest BCUT2D eigenvalue weighted by Gasteiger charge is -2.32. The van der Waals surface area contributed by atoms with Crippen LogP contribution in [0.1, 0.15) is 95.9 Å². The van der Waals surface area contributed by atoms with Gasteiger partial charge in [-0.25, -0.2) is 4.98 Å². The summed E-state index contributed by atoms with van der Waals surface area (Å²) in [5.74, 6) is -6.41. The minimum Gasteiger partial charge on any atom is -0.508 e. The number of rotatable bonds is 13. The minimum absolute atomic E-state index is 0.0327. The van der Waals surface area contributed by atoms with Gasteiger partial charge < -0.3 is 69.4 Å². The Morgan fingerprint density at radius 3 is 1.96 bits per heavy atom. The molecule has 8 amide bonds. The average molecular weight is 1040 g/mol. The fourth-order valence-electron chi connectivity index (χ4n) is 9.00.